The zero-order valence-corrected chi connectivity index (χ0v) is 18.0. The average molecular weight is 455 g/mol. The summed E-state index contributed by atoms with van der Waals surface area (Å²) in [5, 5.41) is 7.80. The molecule has 3 rings (SSSR count). The summed E-state index contributed by atoms with van der Waals surface area (Å²) in [4.78, 5) is 37.2. The van der Waals surface area contributed by atoms with Crippen LogP contribution < -0.4 is 16.0 Å². The van der Waals surface area contributed by atoms with E-state index in [0.29, 0.717) is 11.3 Å². The predicted octanol–water partition coefficient (Wildman–Crippen LogP) is 3.88. The van der Waals surface area contributed by atoms with Gasteiger partial charge in [0, 0.05) is 12.2 Å². The zero-order chi connectivity index (χ0) is 24.0. The second kappa shape index (κ2) is 10.5. The number of furan rings is 1. The van der Waals surface area contributed by atoms with Crippen molar-refractivity contribution < 1.29 is 27.6 Å². The Morgan fingerprint density at radius 1 is 0.939 bits per heavy atom. The number of hydrogen-bond donors (Lipinski definition) is 3. The van der Waals surface area contributed by atoms with Gasteiger partial charge in [0.1, 0.15) is 23.2 Å². The molecule has 1 aromatic heterocycles. The van der Waals surface area contributed by atoms with E-state index < -0.39 is 41.0 Å². The molecule has 33 heavy (non-hydrogen) atoms. The third-order valence-corrected chi connectivity index (χ3v) is 4.82. The maximum Gasteiger partial charge on any atom is 0.291 e. The highest BCUT2D eigenvalue weighted by Crippen LogP contribution is 2.15. The Balaban J connectivity index is 1.63. The van der Waals surface area contributed by atoms with Gasteiger partial charge in [-0.3, -0.25) is 14.4 Å². The van der Waals surface area contributed by atoms with Crippen molar-refractivity contribution in [2.45, 2.75) is 26.4 Å². The van der Waals surface area contributed by atoms with Gasteiger partial charge in [0.25, 0.3) is 11.8 Å². The van der Waals surface area contributed by atoms with Crippen molar-refractivity contribution in [3.05, 3.63) is 89.4 Å². The Hall–Kier alpha value is -4.01. The van der Waals surface area contributed by atoms with Crippen molar-refractivity contribution in [3.8, 4) is 0 Å². The molecular weight excluding hydrogens is 432 g/mol. The molecule has 2 aromatic carbocycles. The van der Waals surface area contributed by atoms with E-state index in [1.165, 1.54) is 12.3 Å². The van der Waals surface area contributed by atoms with Crippen LogP contribution in [0.4, 0.5) is 14.5 Å². The Labute approximate surface area is 189 Å². The van der Waals surface area contributed by atoms with E-state index in [1.807, 2.05) is 0 Å². The number of hydrogen-bond acceptors (Lipinski definition) is 4. The van der Waals surface area contributed by atoms with Crippen LogP contribution in [0.3, 0.4) is 0 Å². The molecule has 0 saturated heterocycles. The molecule has 7 nitrogen and oxygen atoms in total. The molecule has 0 unspecified atom stereocenters. The van der Waals surface area contributed by atoms with Crippen molar-refractivity contribution in [2.24, 2.45) is 5.92 Å². The van der Waals surface area contributed by atoms with E-state index >= 15 is 0 Å². The van der Waals surface area contributed by atoms with Crippen molar-refractivity contribution >= 4 is 23.4 Å². The monoisotopic (exact) mass is 455 g/mol. The van der Waals surface area contributed by atoms with E-state index in [1.54, 1.807) is 44.2 Å². The molecule has 0 radical (unpaired) electrons. The van der Waals surface area contributed by atoms with Gasteiger partial charge in [-0.2, -0.15) is 0 Å². The van der Waals surface area contributed by atoms with E-state index in [2.05, 4.69) is 16.0 Å². The van der Waals surface area contributed by atoms with Crippen LogP contribution in [0.15, 0.2) is 65.3 Å². The first-order valence-corrected chi connectivity index (χ1v) is 10.2. The summed E-state index contributed by atoms with van der Waals surface area (Å²) in [7, 11) is 0. The van der Waals surface area contributed by atoms with Crippen LogP contribution in [0.2, 0.25) is 0 Å². The maximum absolute atomic E-state index is 13.9. The zero-order valence-electron chi connectivity index (χ0n) is 18.0. The number of carbonyl (C=O) groups is 3. The molecule has 3 aromatic rings. The molecule has 1 atom stereocenters. The Bertz CT molecular complexity index is 1130. The fourth-order valence-corrected chi connectivity index (χ4v) is 3.12. The Kier molecular flexibility index (Phi) is 7.55. The van der Waals surface area contributed by atoms with Crippen molar-refractivity contribution in [1.82, 2.24) is 10.6 Å². The minimum atomic E-state index is -1.02. The van der Waals surface area contributed by atoms with Crippen LogP contribution in [0.25, 0.3) is 0 Å². The summed E-state index contributed by atoms with van der Waals surface area (Å²) >= 11 is 0. The lowest BCUT2D eigenvalue weighted by atomic mass is 10.0. The molecular formula is C24H23F2N3O4. The first kappa shape index (κ1) is 23.6. The summed E-state index contributed by atoms with van der Waals surface area (Å²) in [6.45, 7) is 3.51. The van der Waals surface area contributed by atoms with E-state index in [4.69, 9.17) is 4.42 Å². The van der Waals surface area contributed by atoms with Crippen molar-refractivity contribution in [1.29, 1.82) is 0 Å². The number of nitrogens with one attached hydrogen (secondary N) is 3. The summed E-state index contributed by atoms with van der Waals surface area (Å²) < 4.78 is 32.9. The third kappa shape index (κ3) is 6.03. The van der Waals surface area contributed by atoms with Crippen LogP contribution >= 0.6 is 0 Å². The summed E-state index contributed by atoms with van der Waals surface area (Å²) in [5.41, 5.74) is 0.456. The first-order chi connectivity index (χ1) is 15.8. The molecule has 0 aliphatic rings. The molecule has 9 heteroatoms. The van der Waals surface area contributed by atoms with Gasteiger partial charge in [0.15, 0.2) is 5.76 Å². The molecule has 172 valence electrons. The normalized spacial score (nSPS) is 11.7. The fraction of sp³-hybridized carbons (Fsp3) is 0.208. The fourth-order valence-electron chi connectivity index (χ4n) is 3.12. The predicted molar refractivity (Wildman–Crippen MR) is 117 cm³/mol. The van der Waals surface area contributed by atoms with Crippen LogP contribution in [0, 0.1) is 17.6 Å². The number of amides is 3. The van der Waals surface area contributed by atoms with Crippen LogP contribution in [-0.2, 0) is 11.3 Å². The van der Waals surface area contributed by atoms with E-state index in [-0.39, 0.29) is 18.2 Å². The van der Waals surface area contributed by atoms with E-state index in [9.17, 15) is 23.2 Å². The number of carbonyl (C=O) groups excluding carboxylic acids is 3. The molecule has 1 heterocycles. The molecule has 0 aliphatic carbocycles. The lowest BCUT2D eigenvalue weighted by Gasteiger charge is -2.22. The van der Waals surface area contributed by atoms with Crippen LogP contribution in [0.1, 0.15) is 40.3 Å². The first-order valence-electron chi connectivity index (χ1n) is 10.2. The Morgan fingerprint density at radius 3 is 2.27 bits per heavy atom. The van der Waals surface area contributed by atoms with Crippen molar-refractivity contribution in [2.75, 3.05) is 5.32 Å². The highest BCUT2D eigenvalue weighted by atomic mass is 19.1. The molecule has 3 amide bonds. The minimum absolute atomic E-state index is 0.108. The van der Waals surface area contributed by atoms with Crippen LogP contribution in [0.5, 0.6) is 0 Å². The second-order valence-electron chi connectivity index (χ2n) is 7.64. The minimum Gasteiger partial charge on any atom is -0.459 e. The Morgan fingerprint density at radius 2 is 1.64 bits per heavy atom. The van der Waals surface area contributed by atoms with Gasteiger partial charge in [0.05, 0.1) is 6.26 Å². The van der Waals surface area contributed by atoms with Gasteiger partial charge in [-0.25, -0.2) is 8.78 Å². The lowest BCUT2D eigenvalue weighted by molar-refractivity contribution is -0.124. The van der Waals surface area contributed by atoms with Gasteiger partial charge >= 0.3 is 0 Å². The maximum atomic E-state index is 13.9. The van der Waals surface area contributed by atoms with Crippen molar-refractivity contribution in [3.63, 3.8) is 0 Å². The smallest absolute Gasteiger partial charge is 0.291 e. The van der Waals surface area contributed by atoms with Crippen LogP contribution in [-0.4, -0.2) is 23.8 Å². The number of anilines is 1. The summed E-state index contributed by atoms with van der Waals surface area (Å²) in [6.07, 6.45) is 1.39. The van der Waals surface area contributed by atoms with Gasteiger partial charge in [-0.1, -0.05) is 32.0 Å². The number of rotatable bonds is 8. The topological polar surface area (TPSA) is 100 Å². The highest BCUT2D eigenvalue weighted by Gasteiger charge is 2.27. The van der Waals surface area contributed by atoms with Gasteiger partial charge in [-0.05, 0) is 47.9 Å². The largest absolute Gasteiger partial charge is 0.459 e. The molecule has 0 spiro atoms. The van der Waals surface area contributed by atoms with Gasteiger partial charge in [-0.15, -0.1) is 0 Å². The summed E-state index contributed by atoms with van der Waals surface area (Å²) in [6, 6.07) is 12.0. The molecule has 3 N–H and O–H groups in total. The quantitative estimate of drug-likeness (QED) is 0.480. The highest BCUT2D eigenvalue weighted by molar-refractivity contribution is 6.02. The summed E-state index contributed by atoms with van der Waals surface area (Å²) in [5.74, 6) is -4.14. The SMILES string of the molecule is CC(C)[C@H](NC(=O)c1c(F)cccc1F)C(=O)NCc1cccc(NC(=O)c2ccco2)c1. The third-order valence-electron chi connectivity index (χ3n) is 4.82. The lowest BCUT2D eigenvalue weighted by Crippen LogP contribution is -2.49. The average Bonchev–Trinajstić information content (AvgIpc) is 3.31. The number of halogens is 2. The number of benzene rings is 2. The standard InChI is InChI=1S/C24H23F2N3O4/c1-14(2)21(29-23(31)20-17(25)8-4-9-18(20)26)24(32)27-13-15-6-3-7-16(12-15)28-22(30)19-10-5-11-33-19/h3-12,14,21H,13H2,1-2H3,(H,27,32)(H,28,30)(H,29,31)/t21-/m0/s1. The molecule has 0 aliphatic heterocycles. The van der Waals surface area contributed by atoms with E-state index in [0.717, 1.165) is 18.2 Å². The molecule has 0 bridgehead atoms. The van der Waals surface area contributed by atoms with Gasteiger partial charge < -0.3 is 20.4 Å². The molecule has 0 saturated carbocycles. The van der Waals surface area contributed by atoms with Gasteiger partial charge in [0.2, 0.25) is 5.91 Å². The molecule has 0 fully saturated rings. The second-order valence-corrected chi connectivity index (χ2v) is 7.64.